The number of thioether (sulfide) groups is 1. The molecule has 1 fully saturated rings. The van der Waals surface area contributed by atoms with E-state index in [1.807, 2.05) is 42.5 Å². The van der Waals surface area contributed by atoms with Gasteiger partial charge in [-0.1, -0.05) is 23.7 Å². The Bertz CT molecular complexity index is 1210. The van der Waals surface area contributed by atoms with Crippen LogP contribution in [0.25, 0.3) is 10.9 Å². The second kappa shape index (κ2) is 14.2. The summed E-state index contributed by atoms with van der Waals surface area (Å²) in [5.41, 5.74) is 1.70. The van der Waals surface area contributed by atoms with Gasteiger partial charge in [-0.3, -0.25) is 9.78 Å². The molecule has 0 radical (unpaired) electrons. The van der Waals surface area contributed by atoms with Crippen LogP contribution in [0.5, 0.6) is 5.75 Å². The van der Waals surface area contributed by atoms with Crippen LogP contribution in [-0.4, -0.2) is 58.6 Å². The average molecular weight is 557 g/mol. The number of aliphatic hydroxyl groups excluding tert-OH is 1. The number of carboxylic acid groups (broad SMARTS) is 1. The minimum Gasteiger partial charge on any atom is -0.497 e. The van der Waals surface area contributed by atoms with E-state index in [1.165, 1.54) is 0 Å². The topological polar surface area (TPSA) is 82.9 Å². The molecular weight excluding hydrogens is 520 g/mol. The number of aliphatic carboxylic acids is 1. The third kappa shape index (κ3) is 7.85. The Kier molecular flexibility index (Phi) is 10.7. The lowest BCUT2D eigenvalue weighted by molar-refractivity contribution is -0.137. The second-order valence-electron chi connectivity index (χ2n) is 10.1. The Morgan fingerprint density at radius 3 is 2.84 bits per heavy atom. The van der Waals surface area contributed by atoms with Crippen molar-refractivity contribution in [3.05, 3.63) is 65.3 Å². The predicted octanol–water partition coefficient (Wildman–Crippen LogP) is 6.70. The highest BCUT2D eigenvalue weighted by atomic mass is 35.5. The lowest BCUT2D eigenvalue weighted by Crippen LogP contribution is -2.41. The van der Waals surface area contributed by atoms with Gasteiger partial charge in [0.05, 0.1) is 23.8 Å². The molecule has 0 amide bonds. The number of benzene rings is 2. The number of methoxy groups -OCH3 is 1. The number of hydrogen-bond acceptors (Lipinski definition) is 6. The zero-order valence-electron chi connectivity index (χ0n) is 21.9. The van der Waals surface area contributed by atoms with Crippen LogP contribution >= 0.6 is 23.4 Å². The highest BCUT2D eigenvalue weighted by Crippen LogP contribution is 2.35. The van der Waals surface area contributed by atoms with Gasteiger partial charge in [-0.05, 0) is 105 Å². The number of pyridine rings is 1. The van der Waals surface area contributed by atoms with E-state index in [4.69, 9.17) is 16.3 Å². The summed E-state index contributed by atoms with van der Waals surface area (Å²) in [4.78, 5) is 19.4. The van der Waals surface area contributed by atoms with Crippen LogP contribution in [0, 0.1) is 11.8 Å². The third-order valence-electron chi connectivity index (χ3n) is 7.57. The van der Waals surface area contributed by atoms with Crippen molar-refractivity contribution in [1.29, 1.82) is 0 Å². The van der Waals surface area contributed by atoms with Crippen LogP contribution in [0.1, 0.15) is 50.2 Å². The first-order valence-electron chi connectivity index (χ1n) is 13.4. The molecule has 0 spiro atoms. The number of fused-ring (bicyclic) bond motifs is 1. The van der Waals surface area contributed by atoms with E-state index in [1.54, 1.807) is 25.1 Å². The summed E-state index contributed by atoms with van der Waals surface area (Å²) >= 11 is 8.06. The van der Waals surface area contributed by atoms with Gasteiger partial charge in [0.1, 0.15) is 5.75 Å². The summed E-state index contributed by atoms with van der Waals surface area (Å²) in [7, 11) is 1.63. The number of nitrogens with zero attached hydrogens (tertiary/aromatic N) is 2. The number of piperidine rings is 1. The van der Waals surface area contributed by atoms with Crippen molar-refractivity contribution in [3.63, 3.8) is 0 Å². The molecule has 1 saturated heterocycles. The van der Waals surface area contributed by atoms with Crippen LogP contribution in [-0.2, 0) is 4.79 Å². The molecule has 0 bridgehead atoms. The lowest BCUT2D eigenvalue weighted by Gasteiger charge is -2.39. The second-order valence-corrected chi connectivity index (χ2v) is 11.6. The Hall–Kier alpha value is -2.32. The van der Waals surface area contributed by atoms with E-state index >= 15 is 0 Å². The van der Waals surface area contributed by atoms with Crippen molar-refractivity contribution in [1.82, 2.24) is 9.88 Å². The number of ether oxygens (including phenoxy) is 1. The molecule has 0 saturated carbocycles. The van der Waals surface area contributed by atoms with Gasteiger partial charge in [-0.25, -0.2) is 0 Å². The molecular formula is C30H37ClN2O4S. The number of carbonyl (C=O) groups is 1. The maximum Gasteiger partial charge on any atom is 0.303 e. The number of aliphatic hydroxyl groups is 1. The highest BCUT2D eigenvalue weighted by molar-refractivity contribution is 7.99. The van der Waals surface area contributed by atoms with E-state index in [2.05, 4.69) is 16.0 Å². The van der Waals surface area contributed by atoms with Gasteiger partial charge in [0, 0.05) is 29.4 Å². The number of likely N-dealkylation sites (tertiary alicyclic amines) is 1. The smallest absolute Gasteiger partial charge is 0.303 e. The van der Waals surface area contributed by atoms with Gasteiger partial charge in [0.15, 0.2) is 0 Å². The third-order valence-corrected chi connectivity index (χ3v) is 9.17. The predicted molar refractivity (Wildman–Crippen MR) is 154 cm³/mol. The Labute approximate surface area is 234 Å². The molecule has 2 heterocycles. The van der Waals surface area contributed by atoms with Crippen molar-refractivity contribution in [3.8, 4) is 5.75 Å². The highest BCUT2D eigenvalue weighted by Gasteiger charge is 2.30. The maximum absolute atomic E-state index is 11.3. The van der Waals surface area contributed by atoms with Crippen LogP contribution in [0.3, 0.4) is 0 Å². The molecule has 1 aliphatic heterocycles. The summed E-state index contributed by atoms with van der Waals surface area (Å²) in [6.07, 6.45) is 5.60. The summed E-state index contributed by atoms with van der Waals surface area (Å²) in [6, 6.07) is 15.5. The number of rotatable bonds is 13. The fraction of sp³-hybridized carbons (Fsp3) is 0.467. The number of hydrogen-bond donors (Lipinski definition) is 2. The van der Waals surface area contributed by atoms with E-state index in [0.29, 0.717) is 24.7 Å². The van der Waals surface area contributed by atoms with Crippen LogP contribution in [0.15, 0.2) is 59.6 Å². The molecule has 2 aromatic carbocycles. The molecule has 2 N–H and O–H groups in total. The molecule has 6 nitrogen and oxygen atoms in total. The molecule has 8 heteroatoms. The molecule has 38 heavy (non-hydrogen) atoms. The quantitative estimate of drug-likeness (QED) is 0.179. The largest absolute Gasteiger partial charge is 0.497 e. The van der Waals surface area contributed by atoms with Gasteiger partial charge in [-0.15, -0.1) is 11.8 Å². The van der Waals surface area contributed by atoms with Crippen molar-refractivity contribution in [2.24, 2.45) is 11.8 Å². The Morgan fingerprint density at radius 1 is 1.21 bits per heavy atom. The number of aromatic nitrogens is 1. The van der Waals surface area contributed by atoms with E-state index in [9.17, 15) is 15.0 Å². The van der Waals surface area contributed by atoms with Gasteiger partial charge >= 0.3 is 5.97 Å². The minimum absolute atomic E-state index is 0.189. The van der Waals surface area contributed by atoms with Gasteiger partial charge in [-0.2, -0.15) is 0 Å². The average Bonchev–Trinajstić information content (AvgIpc) is 2.93. The molecule has 1 aliphatic rings. The fourth-order valence-corrected chi connectivity index (χ4v) is 6.67. The first kappa shape index (κ1) is 28.7. The van der Waals surface area contributed by atoms with Gasteiger partial charge in [0.2, 0.25) is 0 Å². The number of halogens is 1. The fourth-order valence-electron chi connectivity index (χ4n) is 5.50. The van der Waals surface area contributed by atoms with Crippen LogP contribution < -0.4 is 4.74 Å². The standard InChI is InChI=1S/C30H37ClN2O4S/c1-37-23-9-10-27-25(19-23)24(13-15-32-27)28(34)11-7-21-14-17-33(20-22(21)8-12-30(35)36)16-4-18-38-29-6-3-2-5-26(29)31/h2-3,5-6,9-10,13,15,19,21-22,28,34H,4,7-8,11-12,14,16-18,20H2,1H3,(H,35,36)/t21?,22?,28-/m0/s1. The Balaban J connectivity index is 1.32. The summed E-state index contributed by atoms with van der Waals surface area (Å²) in [5, 5.41) is 22.2. The zero-order valence-corrected chi connectivity index (χ0v) is 23.5. The maximum atomic E-state index is 11.3. The molecule has 1 aromatic heterocycles. The monoisotopic (exact) mass is 556 g/mol. The van der Waals surface area contributed by atoms with Crippen molar-refractivity contribution in [2.75, 3.05) is 32.5 Å². The molecule has 0 aliphatic carbocycles. The van der Waals surface area contributed by atoms with E-state index < -0.39 is 12.1 Å². The van der Waals surface area contributed by atoms with Crippen LogP contribution in [0.2, 0.25) is 5.02 Å². The first-order valence-corrected chi connectivity index (χ1v) is 14.7. The van der Waals surface area contributed by atoms with Crippen molar-refractivity contribution < 1.29 is 19.7 Å². The summed E-state index contributed by atoms with van der Waals surface area (Å²) in [5.74, 6) is 1.72. The molecule has 4 rings (SSSR count). The van der Waals surface area contributed by atoms with E-state index in [0.717, 1.165) is 76.8 Å². The van der Waals surface area contributed by atoms with E-state index in [-0.39, 0.29) is 6.42 Å². The SMILES string of the molecule is COc1ccc2nccc([C@@H](O)CCC3CCN(CCCSc4ccccc4Cl)CC3CCC(=O)O)c2c1. The summed E-state index contributed by atoms with van der Waals surface area (Å²) < 4.78 is 5.38. The van der Waals surface area contributed by atoms with Gasteiger partial charge in [0.25, 0.3) is 0 Å². The van der Waals surface area contributed by atoms with Crippen molar-refractivity contribution in [2.45, 2.75) is 49.5 Å². The normalized spacial score (nSPS) is 18.9. The minimum atomic E-state index is -0.741. The molecule has 204 valence electrons. The summed E-state index contributed by atoms with van der Waals surface area (Å²) in [6.45, 7) is 2.93. The molecule has 3 aromatic rings. The van der Waals surface area contributed by atoms with Gasteiger partial charge < -0.3 is 19.8 Å². The van der Waals surface area contributed by atoms with Crippen molar-refractivity contribution >= 4 is 40.2 Å². The first-order chi connectivity index (χ1) is 18.4. The molecule has 3 atom stereocenters. The zero-order chi connectivity index (χ0) is 26.9. The number of carboxylic acids is 1. The Morgan fingerprint density at radius 2 is 2.05 bits per heavy atom. The lowest BCUT2D eigenvalue weighted by atomic mass is 9.79. The van der Waals surface area contributed by atoms with Crippen LogP contribution in [0.4, 0.5) is 0 Å². The molecule has 2 unspecified atom stereocenters.